The Hall–Kier alpha value is -9.04. The molecular formula is C64H68N10O3. The lowest BCUT2D eigenvalue weighted by atomic mass is 9.96. The van der Waals surface area contributed by atoms with Crippen LogP contribution in [0.15, 0.2) is 223 Å². The number of benzene rings is 8. The Balaban J connectivity index is 0.000000182. The van der Waals surface area contributed by atoms with E-state index in [1.165, 1.54) is 22.3 Å². The quantitative estimate of drug-likeness (QED) is 0.0566. The molecule has 0 bridgehead atoms. The van der Waals surface area contributed by atoms with Gasteiger partial charge in [-0.2, -0.15) is 0 Å². The van der Waals surface area contributed by atoms with Gasteiger partial charge in [-0.05, 0) is 89.6 Å². The summed E-state index contributed by atoms with van der Waals surface area (Å²) in [4.78, 5) is 50.6. The zero-order valence-electron chi connectivity index (χ0n) is 43.8. The summed E-state index contributed by atoms with van der Waals surface area (Å²) in [6.07, 6.45) is 0. The van der Waals surface area contributed by atoms with Crippen LogP contribution in [0, 0.1) is 0 Å². The van der Waals surface area contributed by atoms with Crippen molar-refractivity contribution in [3.8, 4) is 0 Å². The normalized spacial score (nSPS) is 13.5. The Morgan fingerprint density at radius 3 is 1.21 bits per heavy atom. The Kier molecular flexibility index (Phi) is 19.4. The number of hydrogen-bond acceptors (Lipinski definition) is 9. The monoisotopic (exact) mass is 1020 g/mol. The van der Waals surface area contributed by atoms with Crippen LogP contribution >= 0.6 is 0 Å². The summed E-state index contributed by atoms with van der Waals surface area (Å²) in [6.45, 7) is 10.1. The van der Waals surface area contributed by atoms with E-state index in [1.807, 2.05) is 91.0 Å². The van der Waals surface area contributed by atoms with Crippen LogP contribution in [0.4, 0.5) is 38.9 Å². The van der Waals surface area contributed by atoms with E-state index in [0.29, 0.717) is 28.2 Å². The number of anilines is 5. The molecule has 13 nitrogen and oxygen atoms in total. The minimum atomic E-state index is -0.331. The molecular weight excluding hydrogens is 957 g/mol. The summed E-state index contributed by atoms with van der Waals surface area (Å²) in [5.74, 6) is -0.258. The number of carbonyl (C=O) groups is 3. The molecule has 10 rings (SSSR count). The number of nitrogens with zero attached hydrogens (tertiary/aromatic N) is 5. The van der Waals surface area contributed by atoms with Crippen molar-refractivity contribution in [2.24, 2.45) is 4.99 Å². The SMILES string of the molecule is C=Nc1ccccc1.CNC(=O)c1ccc(N)c(N2CCN(C(c3ccccc3)c3ccccc3)CC2)c1.CNC(=O)c1ccc(NC(=O)Nc2ccccc2)c(N2CCN(C(c3ccccc3)c3ccccc3)CC2)c1. The number of piperazine rings is 2. The highest BCUT2D eigenvalue weighted by Crippen LogP contribution is 2.35. The predicted molar refractivity (Wildman–Crippen MR) is 316 cm³/mol. The van der Waals surface area contributed by atoms with Crippen LogP contribution < -0.4 is 36.8 Å². The lowest BCUT2D eigenvalue weighted by Gasteiger charge is -2.41. The Labute approximate surface area is 453 Å². The van der Waals surface area contributed by atoms with Crippen molar-refractivity contribution in [2.45, 2.75) is 12.1 Å². The molecule has 0 unspecified atom stereocenters. The maximum atomic E-state index is 12.8. The summed E-state index contributed by atoms with van der Waals surface area (Å²) >= 11 is 0. The van der Waals surface area contributed by atoms with Crippen LogP contribution in [-0.2, 0) is 0 Å². The number of hydrogen-bond donors (Lipinski definition) is 5. The molecule has 0 spiro atoms. The fourth-order valence-electron chi connectivity index (χ4n) is 9.84. The fourth-order valence-corrected chi connectivity index (χ4v) is 9.84. The molecule has 8 aromatic rings. The highest BCUT2D eigenvalue weighted by atomic mass is 16.2. The number of nitrogens with two attached hydrogens (primary N) is 1. The number of para-hydroxylation sites is 2. The zero-order chi connectivity index (χ0) is 53.8. The van der Waals surface area contributed by atoms with Crippen molar-refractivity contribution < 1.29 is 14.4 Å². The number of amides is 4. The minimum absolute atomic E-state index is 0.0943. The van der Waals surface area contributed by atoms with Gasteiger partial charge in [0.2, 0.25) is 0 Å². The van der Waals surface area contributed by atoms with Crippen molar-refractivity contribution in [1.82, 2.24) is 20.4 Å². The zero-order valence-corrected chi connectivity index (χ0v) is 43.8. The average molecular weight is 1030 g/mol. The van der Waals surface area contributed by atoms with Crippen LogP contribution in [0.2, 0.25) is 0 Å². The van der Waals surface area contributed by atoms with E-state index in [0.717, 1.165) is 69.4 Å². The molecule has 0 radical (unpaired) electrons. The molecule has 2 heterocycles. The molecule has 392 valence electrons. The van der Waals surface area contributed by atoms with Crippen molar-refractivity contribution in [2.75, 3.05) is 92.6 Å². The number of aliphatic imine (C=N–C) groups is 1. The molecule has 0 atom stereocenters. The third-order valence-electron chi connectivity index (χ3n) is 13.7. The largest absolute Gasteiger partial charge is 0.397 e. The molecule has 2 aliphatic heterocycles. The third-order valence-corrected chi connectivity index (χ3v) is 13.7. The molecule has 2 saturated heterocycles. The van der Waals surface area contributed by atoms with Gasteiger partial charge in [0.15, 0.2) is 0 Å². The van der Waals surface area contributed by atoms with Gasteiger partial charge >= 0.3 is 6.03 Å². The lowest BCUT2D eigenvalue weighted by molar-refractivity contribution is 0.0955. The van der Waals surface area contributed by atoms with Crippen molar-refractivity contribution in [1.29, 1.82) is 0 Å². The van der Waals surface area contributed by atoms with E-state index in [-0.39, 0.29) is 29.9 Å². The first-order valence-electron chi connectivity index (χ1n) is 26.0. The van der Waals surface area contributed by atoms with Crippen molar-refractivity contribution in [3.63, 3.8) is 0 Å². The second-order valence-electron chi connectivity index (χ2n) is 18.6. The maximum Gasteiger partial charge on any atom is 0.323 e. The summed E-state index contributed by atoms with van der Waals surface area (Å²) in [6, 6.07) is 72.4. The molecule has 0 aromatic heterocycles. The summed E-state index contributed by atoms with van der Waals surface area (Å²) in [5.41, 5.74) is 17.3. The molecule has 13 heteroatoms. The van der Waals surface area contributed by atoms with E-state index in [1.54, 1.807) is 32.3 Å². The first-order valence-corrected chi connectivity index (χ1v) is 26.0. The first kappa shape index (κ1) is 54.2. The number of carbonyl (C=O) groups excluding carboxylic acids is 3. The van der Waals surface area contributed by atoms with Crippen LogP contribution in [0.3, 0.4) is 0 Å². The minimum Gasteiger partial charge on any atom is -0.397 e. The lowest BCUT2D eigenvalue weighted by Crippen LogP contribution is -2.48. The molecule has 2 fully saturated rings. The highest BCUT2D eigenvalue weighted by molar-refractivity contribution is 6.03. The van der Waals surface area contributed by atoms with Gasteiger partial charge in [-0.25, -0.2) is 4.79 Å². The van der Waals surface area contributed by atoms with E-state index in [2.05, 4.69) is 162 Å². The Bertz CT molecular complexity index is 3040. The maximum absolute atomic E-state index is 12.8. The molecule has 4 amide bonds. The van der Waals surface area contributed by atoms with Gasteiger partial charge in [0.05, 0.1) is 40.5 Å². The number of nitrogen functional groups attached to an aromatic ring is 1. The molecule has 2 aliphatic rings. The van der Waals surface area contributed by atoms with Gasteiger partial charge < -0.3 is 36.8 Å². The van der Waals surface area contributed by atoms with Gasteiger partial charge in [-0.15, -0.1) is 0 Å². The van der Waals surface area contributed by atoms with Gasteiger partial charge in [0.25, 0.3) is 11.8 Å². The summed E-state index contributed by atoms with van der Waals surface area (Å²) < 4.78 is 0. The van der Waals surface area contributed by atoms with E-state index in [9.17, 15) is 14.4 Å². The number of urea groups is 1. The second kappa shape index (κ2) is 27.5. The van der Waals surface area contributed by atoms with Gasteiger partial charge in [-0.1, -0.05) is 158 Å². The van der Waals surface area contributed by atoms with Gasteiger partial charge in [0.1, 0.15) is 0 Å². The van der Waals surface area contributed by atoms with Crippen LogP contribution in [0.5, 0.6) is 0 Å². The molecule has 6 N–H and O–H groups in total. The Morgan fingerprint density at radius 2 is 0.818 bits per heavy atom. The topological polar surface area (TPSA) is 151 Å². The van der Waals surface area contributed by atoms with Gasteiger partial charge in [-0.3, -0.25) is 24.4 Å². The molecule has 0 aliphatic carbocycles. The molecule has 77 heavy (non-hydrogen) atoms. The van der Waals surface area contributed by atoms with Crippen molar-refractivity contribution >= 4 is 58.7 Å². The van der Waals surface area contributed by atoms with Crippen LogP contribution in [-0.4, -0.2) is 101 Å². The van der Waals surface area contributed by atoms with Crippen LogP contribution in [0.1, 0.15) is 55.1 Å². The van der Waals surface area contributed by atoms with E-state index >= 15 is 0 Å². The van der Waals surface area contributed by atoms with E-state index in [4.69, 9.17) is 5.73 Å². The van der Waals surface area contributed by atoms with E-state index < -0.39 is 0 Å². The molecule has 0 saturated carbocycles. The second-order valence-corrected chi connectivity index (χ2v) is 18.6. The number of rotatable bonds is 13. The predicted octanol–water partition coefficient (Wildman–Crippen LogP) is 11.2. The van der Waals surface area contributed by atoms with Gasteiger partial charge in [0, 0.05) is 83.3 Å². The first-order chi connectivity index (χ1) is 37.7. The standard InChI is InChI=1S/C32H33N5O2.C25H28N4O.C7H7N/c1-33-31(38)26-17-18-28(35-32(39)34-27-15-9-4-10-16-27)29(23-26)36-19-21-37(22-20-36)30(24-11-5-2-6-12-24)25-13-7-3-8-14-25;1-27-25(30)21-12-13-22(26)23(18-21)28-14-16-29(17-15-28)24(19-8-4-2-5-9-19)20-10-6-3-7-11-20;1-8-7-5-3-2-4-6-7/h2-18,23,30H,19-22H2,1H3,(H,33,38)(H2,34,35,39);2-13,18,24H,14-17,26H2,1H3,(H,27,30);2-6H,1H2. The van der Waals surface area contributed by atoms with Crippen LogP contribution in [0.25, 0.3) is 0 Å². The fraction of sp³-hybridized carbons (Fsp3) is 0.188. The summed E-state index contributed by atoms with van der Waals surface area (Å²) in [7, 11) is 3.26. The Morgan fingerprint density at radius 1 is 0.455 bits per heavy atom. The smallest absolute Gasteiger partial charge is 0.323 e. The van der Waals surface area contributed by atoms with Crippen molar-refractivity contribution in [3.05, 3.63) is 252 Å². The molecule has 8 aromatic carbocycles. The highest BCUT2D eigenvalue weighted by Gasteiger charge is 2.29. The summed E-state index contributed by atoms with van der Waals surface area (Å²) in [5, 5.41) is 11.2. The average Bonchev–Trinajstić information content (AvgIpc) is 3.49. The third kappa shape index (κ3) is 14.6. The number of nitrogens with one attached hydrogen (secondary N) is 4.